The average Bonchev–Trinajstić information content (AvgIpc) is 2.81. The number of aliphatic hydroxyl groups excluding tert-OH is 1. The Balaban J connectivity index is 2.28. The van der Waals surface area contributed by atoms with Crippen molar-refractivity contribution in [1.82, 2.24) is 4.31 Å². The second kappa shape index (κ2) is 5.32. The van der Waals surface area contributed by atoms with Crippen LogP contribution in [0.25, 0.3) is 11.0 Å². The minimum absolute atomic E-state index is 0.306. The number of para-hydroxylation sites is 1. The van der Waals surface area contributed by atoms with E-state index < -0.39 is 33.9 Å². The minimum Gasteiger partial charge on any atom is -0.443 e. The molecule has 0 aliphatic rings. The Hall–Kier alpha value is -1.58. The van der Waals surface area contributed by atoms with Crippen molar-refractivity contribution in [1.29, 1.82) is 0 Å². The fourth-order valence-corrected chi connectivity index (χ4v) is 2.80. The van der Waals surface area contributed by atoms with Crippen molar-refractivity contribution in [3.8, 4) is 0 Å². The van der Waals surface area contributed by atoms with E-state index >= 15 is 0 Å². The van der Waals surface area contributed by atoms with Crippen LogP contribution in [0, 0.1) is 0 Å². The van der Waals surface area contributed by atoms with Crippen LogP contribution in [-0.2, 0) is 10.0 Å². The number of likely N-dealkylation sites (N-methyl/N-ethyl adjacent to an activating group) is 1. The van der Waals surface area contributed by atoms with Crippen molar-refractivity contribution in [3.63, 3.8) is 0 Å². The third-order valence-corrected chi connectivity index (χ3v) is 4.55. The number of alkyl halides is 3. The summed E-state index contributed by atoms with van der Waals surface area (Å²) in [7, 11) is -3.31. The van der Waals surface area contributed by atoms with Gasteiger partial charge in [-0.25, -0.2) is 8.42 Å². The van der Waals surface area contributed by atoms with Crippen molar-refractivity contribution in [2.75, 3.05) is 13.6 Å². The first kappa shape index (κ1) is 15.8. The van der Waals surface area contributed by atoms with E-state index in [0.717, 1.165) is 7.05 Å². The van der Waals surface area contributed by atoms with Crippen LogP contribution >= 0.6 is 0 Å². The zero-order valence-electron chi connectivity index (χ0n) is 10.8. The Labute approximate surface area is 118 Å². The third kappa shape index (κ3) is 3.20. The van der Waals surface area contributed by atoms with E-state index in [9.17, 15) is 21.6 Å². The van der Waals surface area contributed by atoms with Crippen LogP contribution in [0.15, 0.2) is 39.8 Å². The van der Waals surface area contributed by atoms with Gasteiger partial charge in [0.25, 0.3) is 10.0 Å². The SMILES string of the molecule is CN(CC(O)C(F)(F)F)S(=O)(=O)c1cc2ccccc2o1. The van der Waals surface area contributed by atoms with Gasteiger partial charge in [0.2, 0.25) is 5.09 Å². The molecule has 0 aliphatic carbocycles. The molecule has 1 unspecified atom stereocenters. The van der Waals surface area contributed by atoms with E-state index in [4.69, 9.17) is 9.52 Å². The van der Waals surface area contributed by atoms with Crippen molar-refractivity contribution < 1.29 is 31.1 Å². The summed E-state index contributed by atoms with van der Waals surface area (Å²) in [5, 5.41) is 8.99. The molecule has 1 heterocycles. The van der Waals surface area contributed by atoms with Gasteiger partial charge in [0.05, 0.1) is 0 Å². The van der Waals surface area contributed by atoms with Crippen LogP contribution in [0.2, 0.25) is 0 Å². The molecule has 1 N–H and O–H groups in total. The second-order valence-corrected chi connectivity index (χ2v) is 6.42. The molecule has 5 nitrogen and oxygen atoms in total. The molecule has 0 aliphatic heterocycles. The second-order valence-electron chi connectivity index (χ2n) is 4.45. The summed E-state index contributed by atoms with van der Waals surface area (Å²) in [4.78, 5) is 0. The molecule has 0 spiro atoms. The van der Waals surface area contributed by atoms with Crippen LogP contribution in [-0.4, -0.2) is 43.7 Å². The van der Waals surface area contributed by atoms with Gasteiger partial charge in [-0.2, -0.15) is 17.5 Å². The minimum atomic E-state index is -4.89. The molecular weight excluding hydrogens is 311 g/mol. The molecule has 116 valence electrons. The van der Waals surface area contributed by atoms with Gasteiger partial charge in [-0.05, 0) is 6.07 Å². The largest absolute Gasteiger partial charge is 0.443 e. The Morgan fingerprint density at radius 3 is 2.52 bits per heavy atom. The van der Waals surface area contributed by atoms with Crippen molar-refractivity contribution in [2.24, 2.45) is 0 Å². The first-order chi connectivity index (χ1) is 9.62. The summed E-state index contributed by atoms with van der Waals surface area (Å²) in [5.74, 6) is 0. The van der Waals surface area contributed by atoms with Crippen LogP contribution in [0.4, 0.5) is 13.2 Å². The van der Waals surface area contributed by atoms with Gasteiger partial charge in [-0.15, -0.1) is 0 Å². The molecule has 0 saturated heterocycles. The lowest BCUT2D eigenvalue weighted by molar-refractivity contribution is -0.204. The topological polar surface area (TPSA) is 70.8 Å². The summed E-state index contributed by atoms with van der Waals surface area (Å²) in [6.07, 6.45) is -7.65. The summed E-state index contributed by atoms with van der Waals surface area (Å²) in [6, 6.07) is 7.69. The number of aliphatic hydroxyl groups is 1. The predicted octanol–water partition coefficient (Wildman–Crippen LogP) is 1.98. The van der Waals surface area contributed by atoms with E-state index in [-0.39, 0.29) is 0 Å². The third-order valence-electron chi connectivity index (χ3n) is 2.88. The number of nitrogens with zero attached hydrogens (tertiary/aromatic N) is 1. The number of rotatable bonds is 4. The van der Waals surface area contributed by atoms with Crippen LogP contribution in [0.3, 0.4) is 0 Å². The summed E-state index contributed by atoms with van der Waals surface area (Å²) >= 11 is 0. The standard InChI is InChI=1S/C12H12F3NO4S/c1-16(7-10(17)12(13,14)15)21(18,19)11-6-8-4-2-3-5-9(8)20-11/h2-6,10,17H,7H2,1H3. The van der Waals surface area contributed by atoms with Crippen molar-refractivity contribution in [2.45, 2.75) is 17.4 Å². The van der Waals surface area contributed by atoms with Crippen LogP contribution < -0.4 is 0 Å². The first-order valence-electron chi connectivity index (χ1n) is 5.82. The summed E-state index contributed by atoms with van der Waals surface area (Å²) in [6.45, 7) is -1.11. The highest BCUT2D eigenvalue weighted by Gasteiger charge is 2.41. The smallest absolute Gasteiger partial charge is 0.415 e. The van der Waals surface area contributed by atoms with Crippen LogP contribution in [0.1, 0.15) is 0 Å². The lowest BCUT2D eigenvalue weighted by atomic mass is 10.3. The van der Waals surface area contributed by atoms with Crippen molar-refractivity contribution >= 4 is 21.0 Å². The molecule has 1 aromatic heterocycles. The van der Waals surface area contributed by atoms with Gasteiger partial charge < -0.3 is 9.52 Å². The number of furan rings is 1. The molecule has 1 aromatic carbocycles. The fourth-order valence-electron chi connectivity index (χ4n) is 1.68. The molecule has 1 atom stereocenters. The average molecular weight is 323 g/mol. The van der Waals surface area contributed by atoms with E-state index in [1.807, 2.05) is 0 Å². The monoisotopic (exact) mass is 323 g/mol. The Morgan fingerprint density at radius 1 is 1.33 bits per heavy atom. The van der Waals surface area contributed by atoms with E-state index in [1.165, 1.54) is 6.07 Å². The number of fused-ring (bicyclic) bond motifs is 1. The first-order valence-corrected chi connectivity index (χ1v) is 7.26. The highest BCUT2D eigenvalue weighted by Crippen LogP contribution is 2.26. The molecule has 2 rings (SSSR count). The lowest BCUT2D eigenvalue weighted by Gasteiger charge is -2.20. The van der Waals surface area contributed by atoms with Gasteiger partial charge in [0.15, 0.2) is 6.10 Å². The summed E-state index contributed by atoms with van der Waals surface area (Å²) < 4.78 is 66.6. The molecule has 9 heteroatoms. The van der Waals surface area contributed by atoms with Gasteiger partial charge in [0.1, 0.15) is 5.58 Å². The number of benzene rings is 1. The van der Waals surface area contributed by atoms with Gasteiger partial charge in [-0.1, -0.05) is 18.2 Å². The van der Waals surface area contributed by atoms with Gasteiger partial charge in [0, 0.05) is 25.0 Å². The van der Waals surface area contributed by atoms with Crippen LogP contribution in [0.5, 0.6) is 0 Å². The number of hydrogen-bond donors (Lipinski definition) is 1. The predicted molar refractivity (Wildman–Crippen MR) is 68.1 cm³/mol. The highest BCUT2D eigenvalue weighted by molar-refractivity contribution is 7.89. The Kier molecular flexibility index (Phi) is 4.00. The maximum atomic E-state index is 12.3. The number of sulfonamides is 1. The molecule has 0 radical (unpaired) electrons. The Morgan fingerprint density at radius 2 is 1.95 bits per heavy atom. The molecule has 0 amide bonds. The zero-order chi connectivity index (χ0) is 15.8. The molecular formula is C12H12F3NO4S. The molecule has 0 saturated carbocycles. The van der Waals surface area contributed by atoms with Gasteiger partial charge >= 0.3 is 6.18 Å². The quantitative estimate of drug-likeness (QED) is 0.934. The summed E-state index contributed by atoms with van der Waals surface area (Å²) in [5.41, 5.74) is 0.306. The molecule has 0 bridgehead atoms. The van der Waals surface area contributed by atoms with Gasteiger partial charge in [-0.3, -0.25) is 0 Å². The van der Waals surface area contributed by atoms with Crippen molar-refractivity contribution in [3.05, 3.63) is 30.3 Å². The molecule has 2 aromatic rings. The number of hydrogen-bond acceptors (Lipinski definition) is 4. The number of halogens is 3. The van der Waals surface area contributed by atoms with E-state index in [1.54, 1.807) is 24.3 Å². The van der Waals surface area contributed by atoms with E-state index in [0.29, 0.717) is 15.3 Å². The lowest BCUT2D eigenvalue weighted by Crippen LogP contribution is -2.41. The Bertz CT molecular complexity index is 705. The fraction of sp³-hybridized carbons (Fsp3) is 0.333. The molecule has 21 heavy (non-hydrogen) atoms. The maximum Gasteiger partial charge on any atom is 0.415 e. The maximum absolute atomic E-state index is 12.3. The zero-order valence-corrected chi connectivity index (χ0v) is 11.6. The highest BCUT2D eigenvalue weighted by atomic mass is 32.2. The normalized spacial score (nSPS) is 14.8. The van der Waals surface area contributed by atoms with E-state index in [2.05, 4.69) is 0 Å². The molecule has 0 fully saturated rings.